The van der Waals surface area contributed by atoms with E-state index in [9.17, 15) is 23.6 Å². The van der Waals surface area contributed by atoms with Gasteiger partial charge in [-0.05, 0) is 37.3 Å². The molecule has 0 spiro atoms. The largest absolute Gasteiger partial charge is 0.336 e. The van der Waals surface area contributed by atoms with E-state index in [4.69, 9.17) is 11.6 Å². The Balaban J connectivity index is 1.82. The number of Topliss-reactive ketones (excluding diaryl/α,β-unsaturated/α-hetero) is 1. The van der Waals surface area contributed by atoms with E-state index in [0.717, 1.165) is 17.0 Å². The average molecular weight is 404 g/mol. The topological polar surface area (TPSA) is 95.6 Å². The first-order chi connectivity index (χ1) is 13.3. The van der Waals surface area contributed by atoms with Crippen molar-refractivity contribution in [2.75, 3.05) is 16.8 Å². The Hall–Kier alpha value is -3.26. The van der Waals surface area contributed by atoms with E-state index in [1.807, 2.05) is 0 Å². The number of carbonyl (C=O) groups excluding carboxylic acids is 4. The maximum atomic E-state index is 13.4. The number of nitrogens with one attached hydrogen (secondary N) is 2. The molecule has 0 aliphatic carbocycles. The van der Waals surface area contributed by atoms with Crippen molar-refractivity contribution in [3.63, 3.8) is 0 Å². The zero-order valence-electron chi connectivity index (χ0n) is 14.7. The van der Waals surface area contributed by atoms with Crippen molar-refractivity contribution in [3.8, 4) is 0 Å². The highest BCUT2D eigenvalue weighted by Gasteiger charge is 2.39. The molecule has 0 saturated carbocycles. The summed E-state index contributed by atoms with van der Waals surface area (Å²) in [6, 6.07) is 8.90. The van der Waals surface area contributed by atoms with Crippen LogP contribution in [0.15, 0.2) is 42.5 Å². The standard InChI is InChI=1S/C19H15ClFN3O4/c1-10(25)11-3-2-4-12(7-11)23-17(26)14-9-22-19(28)24(18(14)27)13-5-6-16(21)15(20)8-13/h2-8,14H,9H2,1H3,(H,22,28)(H,23,26). The fourth-order valence-electron chi connectivity index (χ4n) is 2.73. The van der Waals surface area contributed by atoms with Gasteiger partial charge in [0.05, 0.1) is 10.7 Å². The van der Waals surface area contributed by atoms with Crippen LogP contribution in [-0.2, 0) is 9.59 Å². The van der Waals surface area contributed by atoms with E-state index >= 15 is 0 Å². The molecular formula is C19H15ClFN3O4. The number of hydrogen-bond acceptors (Lipinski definition) is 4. The summed E-state index contributed by atoms with van der Waals surface area (Å²) < 4.78 is 13.4. The van der Waals surface area contributed by atoms with Crippen LogP contribution in [0.25, 0.3) is 0 Å². The van der Waals surface area contributed by atoms with Gasteiger partial charge in [0.15, 0.2) is 5.78 Å². The lowest BCUT2D eigenvalue weighted by Gasteiger charge is -2.30. The van der Waals surface area contributed by atoms with Gasteiger partial charge in [0, 0.05) is 17.8 Å². The number of ketones is 1. The molecule has 2 aromatic rings. The van der Waals surface area contributed by atoms with Crippen LogP contribution in [0, 0.1) is 11.7 Å². The lowest BCUT2D eigenvalue weighted by molar-refractivity contribution is -0.130. The Morgan fingerprint density at radius 3 is 2.64 bits per heavy atom. The van der Waals surface area contributed by atoms with Gasteiger partial charge >= 0.3 is 6.03 Å². The zero-order valence-corrected chi connectivity index (χ0v) is 15.4. The number of rotatable bonds is 4. The van der Waals surface area contributed by atoms with E-state index in [1.54, 1.807) is 18.2 Å². The summed E-state index contributed by atoms with van der Waals surface area (Å²) >= 11 is 5.72. The number of anilines is 2. The van der Waals surface area contributed by atoms with Crippen molar-refractivity contribution >= 4 is 46.6 Å². The van der Waals surface area contributed by atoms with Crippen molar-refractivity contribution in [1.82, 2.24) is 5.32 Å². The SMILES string of the molecule is CC(=O)c1cccc(NC(=O)C2CNC(=O)N(c3ccc(F)c(Cl)c3)C2=O)c1. The molecule has 2 N–H and O–H groups in total. The first-order valence-corrected chi connectivity index (χ1v) is 8.64. The molecule has 0 bridgehead atoms. The van der Waals surface area contributed by atoms with Crippen molar-refractivity contribution in [3.05, 3.63) is 58.9 Å². The molecule has 0 aromatic heterocycles. The molecule has 1 heterocycles. The van der Waals surface area contributed by atoms with E-state index < -0.39 is 29.6 Å². The summed E-state index contributed by atoms with van der Waals surface area (Å²) in [4.78, 5) is 49.7. The monoisotopic (exact) mass is 403 g/mol. The fourth-order valence-corrected chi connectivity index (χ4v) is 2.91. The van der Waals surface area contributed by atoms with Crippen LogP contribution in [0.5, 0.6) is 0 Å². The Morgan fingerprint density at radius 1 is 1.21 bits per heavy atom. The Labute approximate surface area is 164 Å². The van der Waals surface area contributed by atoms with Crippen LogP contribution >= 0.6 is 11.6 Å². The van der Waals surface area contributed by atoms with Gasteiger partial charge in [0.25, 0.3) is 0 Å². The third-order valence-corrected chi connectivity index (χ3v) is 4.48. The van der Waals surface area contributed by atoms with Crippen LogP contribution in [-0.4, -0.2) is 30.2 Å². The van der Waals surface area contributed by atoms with Crippen molar-refractivity contribution in [2.24, 2.45) is 5.92 Å². The number of imide groups is 1. The van der Waals surface area contributed by atoms with Crippen molar-refractivity contribution in [1.29, 1.82) is 0 Å². The van der Waals surface area contributed by atoms with Gasteiger partial charge in [0.2, 0.25) is 11.8 Å². The predicted molar refractivity (Wildman–Crippen MR) is 101 cm³/mol. The van der Waals surface area contributed by atoms with Gasteiger partial charge in [-0.3, -0.25) is 14.4 Å². The molecule has 1 fully saturated rings. The van der Waals surface area contributed by atoms with Crippen LogP contribution in [0.1, 0.15) is 17.3 Å². The van der Waals surface area contributed by atoms with Gasteiger partial charge < -0.3 is 10.6 Å². The number of benzene rings is 2. The summed E-state index contributed by atoms with van der Waals surface area (Å²) in [5.74, 6) is -3.50. The quantitative estimate of drug-likeness (QED) is 0.606. The second-order valence-corrected chi connectivity index (χ2v) is 6.54. The second kappa shape index (κ2) is 7.77. The molecule has 28 heavy (non-hydrogen) atoms. The normalized spacial score (nSPS) is 16.5. The predicted octanol–water partition coefficient (Wildman–Crippen LogP) is 2.99. The molecule has 7 nitrogen and oxygen atoms in total. The molecule has 1 aliphatic rings. The average Bonchev–Trinajstić information content (AvgIpc) is 2.64. The van der Waals surface area contributed by atoms with Gasteiger partial charge in [-0.25, -0.2) is 14.1 Å². The van der Waals surface area contributed by atoms with Crippen LogP contribution in [0.2, 0.25) is 5.02 Å². The number of hydrogen-bond donors (Lipinski definition) is 2. The Morgan fingerprint density at radius 2 is 1.96 bits per heavy atom. The molecule has 144 valence electrons. The first kappa shape index (κ1) is 19.5. The van der Waals surface area contributed by atoms with E-state index in [-0.39, 0.29) is 23.0 Å². The molecule has 3 rings (SSSR count). The minimum Gasteiger partial charge on any atom is -0.336 e. The molecule has 9 heteroatoms. The minimum atomic E-state index is -1.21. The maximum Gasteiger partial charge on any atom is 0.328 e. The van der Waals surface area contributed by atoms with Crippen LogP contribution in [0.4, 0.5) is 20.6 Å². The summed E-state index contributed by atoms with van der Waals surface area (Å²) in [6.07, 6.45) is 0. The Kier molecular flexibility index (Phi) is 5.41. The van der Waals surface area contributed by atoms with Gasteiger partial charge in [-0.2, -0.15) is 0 Å². The highest BCUT2D eigenvalue weighted by molar-refractivity contribution is 6.31. The molecule has 1 atom stereocenters. The minimum absolute atomic E-state index is 0.0463. The molecule has 1 saturated heterocycles. The molecule has 1 unspecified atom stereocenters. The number of urea groups is 1. The zero-order chi connectivity index (χ0) is 20.4. The third-order valence-electron chi connectivity index (χ3n) is 4.19. The maximum absolute atomic E-state index is 13.4. The molecule has 0 radical (unpaired) electrons. The molecule has 2 aromatic carbocycles. The van der Waals surface area contributed by atoms with E-state index in [2.05, 4.69) is 10.6 Å². The number of halogens is 2. The second-order valence-electron chi connectivity index (χ2n) is 6.14. The van der Waals surface area contributed by atoms with Gasteiger partial charge in [-0.15, -0.1) is 0 Å². The molecule has 1 aliphatic heterocycles. The fraction of sp³-hybridized carbons (Fsp3) is 0.158. The number of carbonyl (C=O) groups is 4. The third kappa shape index (κ3) is 3.86. The Bertz CT molecular complexity index is 995. The van der Waals surface area contributed by atoms with Gasteiger partial charge in [-0.1, -0.05) is 23.7 Å². The first-order valence-electron chi connectivity index (χ1n) is 8.26. The number of nitrogens with zero attached hydrogens (tertiary/aromatic N) is 1. The highest BCUT2D eigenvalue weighted by Crippen LogP contribution is 2.26. The summed E-state index contributed by atoms with van der Waals surface area (Å²) in [5, 5.41) is 4.77. The number of amides is 4. The van der Waals surface area contributed by atoms with E-state index in [1.165, 1.54) is 19.1 Å². The molecule has 4 amide bonds. The van der Waals surface area contributed by atoms with Crippen molar-refractivity contribution < 1.29 is 23.6 Å². The van der Waals surface area contributed by atoms with E-state index in [0.29, 0.717) is 11.3 Å². The van der Waals surface area contributed by atoms with Crippen LogP contribution in [0.3, 0.4) is 0 Å². The highest BCUT2D eigenvalue weighted by atomic mass is 35.5. The van der Waals surface area contributed by atoms with Crippen molar-refractivity contribution in [2.45, 2.75) is 6.92 Å². The summed E-state index contributed by atoms with van der Waals surface area (Å²) in [6.45, 7) is 1.20. The van der Waals surface area contributed by atoms with Crippen LogP contribution < -0.4 is 15.5 Å². The lowest BCUT2D eigenvalue weighted by atomic mass is 10.0. The summed E-state index contributed by atoms with van der Waals surface area (Å²) in [7, 11) is 0. The smallest absolute Gasteiger partial charge is 0.328 e. The summed E-state index contributed by atoms with van der Waals surface area (Å²) in [5.41, 5.74) is 0.799. The lowest BCUT2D eigenvalue weighted by Crippen LogP contribution is -2.58. The molecular weight excluding hydrogens is 389 g/mol. The van der Waals surface area contributed by atoms with Gasteiger partial charge in [0.1, 0.15) is 11.7 Å².